The summed E-state index contributed by atoms with van der Waals surface area (Å²) in [6.07, 6.45) is 6.75. The monoisotopic (exact) mass is 562 g/mol. The van der Waals surface area contributed by atoms with E-state index in [4.69, 9.17) is 11.6 Å². The number of alkyl halides is 1. The zero-order valence-corrected chi connectivity index (χ0v) is 22.7. The van der Waals surface area contributed by atoms with Gasteiger partial charge in [-0.1, -0.05) is 35.9 Å². The van der Waals surface area contributed by atoms with E-state index in [0.29, 0.717) is 42.3 Å². The Morgan fingerprint density at radius 3 is 2.62 bits per heavy atom. The van der Waals surface area contributed by atoms with Crippen LogP contribution >= 0.6 is 11.6 Å². The number of halogens is 2. The quantitative estimate of drug-likeness (QED) is 0.184. The van der Waals surface area contributed by atoms with Crippen molar-refractivity contribution in [2.24, 2.45) is 7.05 Å². The van der Waals surface area contributed by atoms with Crippen LogP contribution in [0.15, 0.2) is 79.1 Å². The lowest BCUT2D eigenvalue weighted by Crippen LogP contribution is -2.23. The molecule has 4 rings (SSSR count). The van der Waals surface area contributed by atoms with E-state index in [0.717, 1.165) is 23.4 Å². The molecule has 0 bridgehead atoms. The summed E-state index contributed by atoms with van der Waals surface area (Å²) in [6, 6.07) is 16.6. The summed E-state index contributed by atoms with van der Waals surface area (Å²) in [4.78, 5) is 37.1. The molecule has 0 saturated carbocycles. The first kappa shape index (κ1) is 28.2. The number of rotatable bonds is 12. The number of carbonyl (C=O) groups is 2. The third-order valence-corrected chi connectivity index (χ3v) is 6.15. The molecular formula is C28H28ClFN8O2. The summed E-state index contributed by atoms with van der Waals surface area (Å²) >= 11 is 6.20. The fraction of sp³-hybridized carbons (Fsp3) is 0.179. The summed E-state index contributed by atoms with van der Waals surface area (Å²) < 4.78 is 13.9. The average Bonchev–Trinajstić information content (AvgIpc) is 3.28. The molecule has 0 atom stereocenters. The Bertz CT molecular complexity index is 1490. The van der Waals surface area contributed by atoms with Crippen LogP contribution in [0, 0.1) is 0 Å². The highest BCUT2D eigenvalue weighted by Crippen LogP contribution is 2.30. The van der Waals surface area contributed by atoms with Gasteiger partial charge in [0.2, 0.25) is 18.3 Å². The maximum absolute atomic E-state index is 12.5. The summed E-state index contributed by atoms with van der Waals surface area (Å²) in [5.74, 6) is 0.0893. The fourth-order valence-corrected chi connectivity index (χ4v) is 4.13. The van der Waals surface area contributed by atoms with E-state index in [9.17, 15) is 14.0 Å². The molecule has 2 heterocycles. The van der Waals surface area contributed by atoms with Crippen molar-refractivity contribution in [3.05, 3.63) is 89.9 Å². The molecule has 12 heteroatoms. The smallest absolute Gasteiger partial charge is 0.248 e. The molecule has 0 fully saturated rings. The molecule has 2 amide bonds. The highest BCUT2D eigenvalue weighted by atomic mass is 35.5. The average molecular weight is 563 g/mol. The van der Waals surface area contributed by atoms with Crippen LogP contribution in [-0.4, -0.2) is 52.3 Å². The standard InChI is InChI=1S/C28H28ClFN8O2/c1-36(22-9-4-3-5-10-22)15-13-20-17-31-28(33-24-18-37(2)35-26(24)29)34-27(20)38(19-39)23-11-6-8-21(16-23)32-25(40)12-7-14-30/h3-12,16-19H,13-15H2,1-2H3,(H,32,40)(H,31,33,34)/b12-7+. The van der Waals surface area contributed by atoms with Crippen LogP contribution in [0.1, 0.15) is 5.56 Å². The van der Waals surface area contributed by atoms with Crippen LogP contribution in [0.25, 0.3) is 0 Å². The first-order valence-corrected chi connectivity index (χ1v) is 12.7. The Kier molecular flexibility index (Phi) is 9.42. The van der Waals surface area contributed by atoms with Gasteiger partial charge in [-0.3, -0.25) is 19.2 Å². The second kappa shape index (κ2) is 13.3. The maximum atomic E-state index is 12.5. The van der Waals surface area contributed by atoms with Crippen LogP contribution in [0.4, 0.5) is 38.9 Å². The van der Waals surface area contributed by atoms with E-state index < -0.39 is 12.6 Å². The Labute approximate surface area is 236 Å². The lowest BCUT2D eigenvalue weighted by atomic mass is 10.1. The maximum Gasteiger partial charge on any atom is 0.248 e. The van der Waals surface area contributed by atoms with Crippen LogP contribution < -0.4 is 20.4 Å². The number of para-hydroxylation sites is 1. The van der Waals surface area contributed by atoms with Crippen LogP contribution in [0.3, 0.4) is 0 Å². The van der Waals surface area contributed by atoms with E-state index in [2.05, 4.69) is 30.6 Å². The third-order valence-electron chi connectivity index (χ3n) is 5.87. The predicted octanol–water partition coefficient (Wildman–Crippen LogP) is 5.04. The molecule has 0 spiro atoms. The van der Waals surface area contributed by atoms with Gasteiger partial charge in [-0.05, 0) is 42.8 Å². The Balaban J connectivity index is 1.67. The second-order valence-electron chi connectivity index (χ2n) is 8.75. The van der Waals surface area contributed by atoms with Crippen molar-refractivity contribution in [2.45, 2.75) is 6.42 Å². The fourth-order valence-electron chi connectivity index (χ4n) is 3.91. The number of hydrogen-bond donors (Lipinski definition) is 2. The molecule has 0 aliphatic rings. The molecule has 10 nitrogen and oxygen atoms in total. The molecule has 40 heavy (non-hydrogen) atoms. The molecule has 0 radical (unpaired) electrons. The summed E-state index contributed by atoms with van der Waals surface area (Å²) in [5.41, 5.74) is 3.17. The lowest BCUT2D eigenvalue weighted by Gasteiger charge is -2.23. The third kappa shape index (κ3) is 7.20. The van der Waals surface area contributed by atoms with Gasteiger partial charge in [-0.2, -0.15) is 10.1 Å². The molecule has 2 aromatic carbocycles. The molecule has 4 aromatic rings. The van der Waals surface area contributed by atoms with E-state index in [1.165, 1.54) is 4.90 Å². The zero-order chi connectivity index (χ0) is 28.5. The van der Waals surface area contributed by atoms with E-state index in [-0.39, 0.29) is 11.1 Å². The summed E-state index contributed by atoms with van der Waals surface area (Å²) in [7, 11) is 3.72. The van der Waals surface area contributed by atoms with Gasteiger partial charge in [0, 0.05) is 56.0 Å². The van der Waals surface area contributed by atoms with Crippen molar-refractivity contribution in [1.82, 2.24) is 19.7 Å². The van der Waals surface area contributed by atoms with E-state index in [1.807, 2.05) is 37.4 Å². The first-order chi connectivity index (χ1) is 19.4. The molecule has 2 N–H and O–H groups in total. The molecule has 0 saturated heterocycles. The minimum absolute atomic E-state index is 0.220. The number of hydrogen-bond acceptors (Lipinski definition) is 7. The Morgan fingerprint density at radius 2 is 1.93 bits per heavy atom. The SMILES string of the molecule is CN(CCc1cnc(Nc2cn(C)nc2Cl)nc1N(C=O)c1cccc(NC(=O)/C=C/CF)c1)c1ccccc1. The number of carbonyl (C=O) groups excluding carboxylic acids is 2. The Hall–Kier alpha value is -4.77. The van der Waals surface area contributed by atoms with Gasteiger partial charge in [0.25, 0.3) is 0 Å². The molecule has 0 unspecified atom stereocenters. The molecular weight excluding hydrogens is 535 g/mol. The molecule has 206 valence electrons. The highest BCUT2D eigenvalue weighted by molar-refractivity contribution is 6.32. The number of aromatic nitrogens is 4. The normalized spacial score (nSPS) is 10.9. The topological polar surface area (TPSA) is 108 Å². The van der Waals surface area contributed by atoms with Gasteiger partial charge < -0.3 is 15.5 Å². The van der Waals surface area contributed by atoms with Gasteiger partial charge in [0.05, 0.1) is 11.4 Å². The van der Waals surface area contributed by atoms with Crippen molar-refractivity contribution < 1.29 is 14.0 Å². The number of nitrogens with one attached hydrogen (secondary N) is 2. The van der Waals surface area contributed by atoms with E-state index >= 15 is 0 Å². The number of benzene rings is 2. The molecule has 2 aromatic heterocycles. The van der Waals surface area contributed by atoms with Crippen molar-refractivity contribution in [3.63, 3.8) is 0 Å². The largest absolute Gasteiger partial charge is 0.374 e. The zero-order valence-electron chi connectivity index (χ0n) is 22.0. The van der Waals surface area contributed by atoms with Gasteiger partial charge >= 0.3 is 0 Å². The van der Waals surface area contributed by atoms with Crippen LogP contribution in [0.2, 0.25) is 5.15 Å². The highest BCUT2D eigenvalue weighted by Gasteiger charge is 2.19. The Morgan fingerprint density at radius 1 is 1.15 bits per heavy atom. The second-order valence-corrected chi connectivity index (χ2v) is 9.11. The summed E-state index contributed by atoms with van der Waals surface area (Å²) in [5, 5.41) is 10.1. The number of aryl methyl sites for hydroxylation is 1. The van der Waals surface area contributed by atoms with E-state index in [1.54, 1.807) is 48.4 Å². The van der Waals surface area contributed by atoms with Crippen molar-refractivity contribution in [3.8, 4) is 0 Å². The van der Waals surface area contributed by atoms with Gasteiger partial charge in [-0.15, -0.1) is 0 Å². The number of likely N-dealkylation sites (N-methyl/N-ethyl adjacent to an activating group) is 1. The molecule has 0 aliphatic heterocycles. The van der Waals surface area contributed by atoms with Gasteiger partial charge in [0.15, 0.2) is 5.15 Å². The summed E-state index contributed by atoms with van der Waals surface area (Å²) in [6.45, 7) is -0.117. The number of anilines is 6. The number of amides is 2. The van der Waals surface area contributed by atoms with Gasteiger partial charge in [0.1, 0.15) is 12.5 Å². The van der Waals surface area contributed by atoms with Gasteiger partial charge in [-0.25, -0.2) is 9.37 Å². The first-order valence-electron chi connectivity index (χ1n) is 12.3. The van der Waals surface area contributed by atoms with Crippen molar-refractivity contribution in [1.29, 1.82) is 0 Å². The minimum Gasteiger partial charge on any atom is -0.374 e. The lowest BCUT2D eigenvalue weighted by molar-refractivity contribution is -0.112. The van der Waals surface area contributed by atoms with Crippen molar-refractivity contribution >= 4 is 58.4 Å². The predicted molar refractivity (Wildman–Crippen MR) is 155 cm³/mol. The number of nitrogens with zero attached hydrogens (tertiary/aromatic N) is 6. The minimum atomic E-state index is -0.747. The van der Waals surface area contributed by atoms with Crippen molar-refractivity contribution in [2.75, 3.05) is 40.7 Å². The van der Waals surface area contributed by atoms with Crippen LogP contribution in [0.5, 0.6) is 0 Å². The molecule has 0 aliphatic carbocycles. The van der Waals surface area contributed by atoms with Crippen LogP contribution in [-0.2, 0) is 23.1 Å². The number of allylic oxidation sites excluding steroid dienone is 1.